The predicted molar refractivity (Wildman–Crippen MR) is 84.7 cm³/mol. The molecule has 0 amide bonds. The lowest BCUT2D eigenvalue weighted by Gasteiger charge is -2.09. The summed E-state index contributed by atoms with van der Waals surface area (Å²) in [6.07, 6.45) is 3.35. The maximum atomic E-state index is 12.6. The Balaban J connectivity index is 2.18. The minimum Gasteiger partial charge on any atom is -0.279 e. The summed E-state index contributed by atoms with van der Waals surface area (Å²) in [5, 5.41) is 17.6. The highest BCUT2D eigenvalue weighted by molar-refractivity contribution is 7.99. The Kier molecular flexibility index (Phi) is 3.88. The van der Waals surface area contributed by atoms with Crippen LogP contribution in [-0.2, 0) is 0 Å². The molecule has 3 rings (SSSR count). The van der Waals surface area contributed by atoms with Gasteiger partial charge in [-0.2, -0.15) is 5.26 Å². The van der Waals surface area contributed by atoms with Crippen molar-refractivity contribution >= 4 is 29.0 Å². The topological polar surface area (TPSA) is 76.0 Å². The third-order valence-corrected chi connectivity index (χ3v) is 4.18. The number of hydrogen-bond donors (Lipinski definition) is 0. The summed E-state index contributed by atoms with van der Waals surface area (Å²) >= 11 is 7.25. The van der Waals surface area contributed by atoms with Crippen LogP contribution in [-0.4, -0.2) is 24.9 Å². The van der Waals surface area contributed by atoms with Crippen LogP contribution in [0.1, 0.15) is 5.56 Å². The summed E-state index contributed by atoms with van der Waals surface area (Å²) in [6.45, 7) is 1.90. The predicted octanol–water partition coefficient (Wildman–Crippen LogP) is 2.46. The number of fused-ring (bicyclic) bond motifs is 1. The van der Waals surface area contributed by atoms with E-state index >= 15 is 0 Å². The molecule has 6 nitrogen and oxygen atoms in total. The van der Waals surface area contributed by atoms with Gasteiger partial charge in [-0.1, -0.05) is 29.4 Å². The Morgan fingerprint density at radius 2 is 2.18 bits per heavy atom. The molecule has 0 aliphatic rings. The second-order valence-corrected chi connectivity index (χ2v) is 5.91. The molecule has 1 aromatic carbocycles. The molecule has 0 saturated heterocycles. The first-order valence-corrected chi connectivity index (χ1v) is 7.71. The van der Waals surface area contributed by atoms with Gasteiger partial charge in [-0.25, -0.2) is 0 Å². The normalized spacial score (nSPS) is 10.8. The minimum absolute atomic E-state index is 0.210. The molecule has 22 heavy (non-hydrogen) atoms. The van der Waals surface area contributed by atoms with Gasteiger partial charge >= 0.3 is 5.56 Å². The number of nitrogens with zero attached hydrogens (tertiary/aromatic N) is 5. The highest BCUT2D eigenvalue weighted by atomic mass is 35.5. The van der Waals surface area contributed by atoms with Gasteiger partial charge in [0.15, 0.2) is 5.16 Å². The van der Waals surface area contributed by atoms with Crippen LogP contribution in [0, 0.1) is 18.3 Å². The molecule has 0 aliphatic carbocycles. The van der Waals surface area contributed by atoms with Crippen molar-refractivity contribution < 1.29 is 0 Å². The first-order valence-electron chi connectivity index (χ1n) is 6.34. The fourth-order valence-corrected chi connectivity index (χ4v) is 2.84. The summed E-state index contributed by atoms with van der Waals surface area (Å²) in [5.41, 5.74) is 1.55. The van der Waals surface area contributed by atoms with Crippen LogP contribution < -0.4 is 5.56 Å². The highest BCUT2D eigenvalue weighted by Crippen LogP contribution is 2.19. The SMILES string of the molecule is Cc1ccc(Cl)cc1-n1ccn2c(SCC#N)nnc2c1=O. The fraction of sp³-hybridized carbons (Fsp3) is 0.143. The summed E-state index contributed by atoms with van der Waals surface area (Å²) in [7, 11) is 0. The van der Waals surface area contributed by atoms with Gasteiger partial charge in [0.1, 0.15) is 0 Å². The molecular formula is C14H10ClN5OS. The molecule has 0 saturated carbocycles. The molecular weight excluding hydrogens is 322 g/mol. The number of aryl methyl sites for hydroxylation is 1. The number of hydrogen-bond acceptors (Lipinski definition) is 5. The van der Waals surface area contributed by atoms with Crippen molar-refractivity contribution in [1.82, 2.24) is 19.2 Å². The number of halogens is 1. The Morgan fingerprint density at radius 3 is 2.95 bits per heavy atom. The van der Waals surface area contributed by atoms with E-state index in [2.05, 4.69) is 10.2 Å². The van der Waals surface area contributed by atoms with Crippen LogP contribution in [0.15, 0.2) is 40.5 Å². The van der Waals surface area contributed by atoms with Crippen molar-refractivity contribution in [2.45, 2.75) is 12.1 Å². The van der Waals surface area contributed by atoms with E-state index in [0.29, 0.717) is 15.9 Å². The van der Waals surface area contributed by atoms with E-state index in [4.69, 9.17) is 16.9 Å². The molecule has 0 unspecified atom stereocenters. The number of rotatable bonds is 3. The number of benzene rings is 1. The van der Waals surface area contributed by atoms with E-state index in [0.717, 1.165) is 5.56 Å². The second-order valence-electron chi connectivity index (χ2n) is 4.53. The third kappa shape index (κ3) is 2.47. The number of aromatic nitrogens is 4. The maximum absolute atomic E-state index is 12.6. The lowest BCUT2D eigenvalue weighted by molar-refractivity contribution is 0.892. The first-order chi connectivity index (χ1) is 10.6. The lowest BCUT2D eigenvalue weighted by atomic mass is 10.2. The van der Waals surface area contributed by atoms with Crippen molar-refractivity contribution in [2.75, 3.05) is 5.75 Å². The van der Waals surface area contributed by atoms with Crippen LogP contribution in [0.25, 0.3) is 11.3 Å². The van der Waals surface area contributed by atoms with Crippen LogP contribution in [0.5, 0.6) is 0 Å². The number of nitriles is 1. The number of thioether (sulfide) groups is 1. The van der Waals surface area contributed by atoms with E-state index in [-0.39, 0.29) is 17.0 Å². The third-order valence-electron chi connectivity index (χ3n) is 3.14. The molecule has 0 radical (unpaired) electrons. The summed E-state index contributed by atoms with van der Waals surface area (Å²) in [4.78, 5) is 12.6. The van der Waals surface area contributed by atoms with Crippen LogP contribution >= 0.6 is 23.4 Å². The van der Waals surface area contributed by atoms with Crippen LogP contribution in [0.3, 0.4) is 0 Å². The molecule has 3 aromatic rings. The van der Waals surface area contributed by atoms with E-state index in [1.165, 1.54) is 16.3 Å². The molecule has 110 valence electrons. The highest BCUT2D eigenvalue weighted by Gasteiger charge is 2.13. The summed E-state index contributed by atoms with van der Waals surface area (Å²) < 4.78 is 3.07. The van der Waals surface area contributed by atoms with Crippen molar-refractivity contribution in [3.8, 4) is 11.8 Å². The molecule has 2 aromatic heterocycles. The second kappa shape index (κ2) is 5.83. The quantitative estimate of drug-likeness (QED) is 0.689. The minimum atomic E-state index is -0.288. The largest absolute Gasteiger partial charge is 0.300 e. The molecule has 2 heterocycles. The molecule has 0 fully saturated rings. The van der Waals surface area contributed by atoms with E-state index in [9.17, 15) is 4.79 Å². The monoisotopic (exact) mass is 331 g/mol. The average Bonchev–Trinajstić information content (AvgIpc) is 2.92. The van der Waals surface area contributed by atoms with Crippen LogP contribution in [0.2, 0.25) is 5.02 Å². The van der Waals surface area contributed by atoms with Gasteiger partial charge < -0.3 is 0 Å². The van der Waals surface area contributed by atoms with Gasteiger partial charge in [0.25, 0.3) is 0 Å². The van der Waals surface area contributed by atoms with Gasteiger partial charge in [0.2, 0.25) is 5.65 Å². The smallest absolute Gasteiger partial charge is 0.279 e. The molecule has 8 heteroatoms. The Hall–Kier alpha value is -2.30. The molecule has 0 atom stereocenters. The van der Waals surface area contributed by atoms with Gasteiger partial charge in [-0.15, -0.1) is 10.2 Å². The van der Waals surface area contributed by atoms with Crippen LogP contribution in [0.4, 0.5) is 0 Å². The zero-order chi connectivity index (χ0) is 15.7. The van der Waals surface area contributed by atoms with Gasteiger partial charge in [-0.05, 0) is 24.6 Å². The van der Waals surface area contributed by atoms with E-state index in [1.54, 1.807) is 28.9 Å². The van der Waals surface area contributed by atoms with E-state index < -0.39 is 0 Å². The standard InChI is InChI=1S/C14H10ClN5OS/c1-9-2-3-10(15)8-11(9)19-5-6-20-12(13(19)21)17-18-14(20)22-7-4-16/h2-3,5-6,8H,7H2,1H3. The molecule has 0 aliphatic heterocycles. The zero-order valence-corrected chi connectivity index (χ0v) is 13.1. The Morgan fingerprint density at radius 1 is 1.36 bits per heavy atom. The van der Waals surface area contributed by atoms with Crippen molar-refractivity contribution in [2.24, 2.45) is 0 Å². The maximum Gasteiger partial charge on any atom is 0.300 e. The Labute approximate surface area is 135 Å². The van der Waals surface area contributed by atoms with Gasteiger partial charge in [0.05, 0.1) is 17.5 Å². The Bertz CT molecular complexity index is 956. The van der Waals surface area contributed by atoms with E-state index in [1.807, 2.05) is 19.1 Å². The van der Waals surface area contributed by atoms with Crippen molar-refractivity contribution in [3.05, 3.63) is 51.5 Å². The summed E-state index contributed by atoms with van der Waals surface area (Å²) in [5.74, 6) is 0.247. The van der Waals surface area contributed by atoms with Crippen molar-refractivity contribution in [1.29, 1.82) is 5.26 Å². The molecule has 0 bridgehead atoms. The zero-order valence-electron chi connectivity index (χ0n) is 11.5. The lowest BCUT2D eigenvalue weighted by Crippen LogP contribution is -2.21. The first kappa shape index (κ1) is 14.6. The van der Waals surface area contributed by atoms with Crippen molar-refractivity contribution in [3.63, 3.8) is 0 Å². The van der Waals surface area contributed by atoms with Gasteiger partial charge in [0, 0.05) is 17.4 Å². The summed E-state index contributed by atoms with van der Waals surface area (Å²) in [6, 6.07) is 7.38. The average molecular weight is 332 g/mol. The molecule has 0 N–H and O–H groups in total. The fourth-order valence-electron chi connectivity index (χ4n) is 2.09. The van der Waals surface area contributed by atoms with Gasteiger partial charge in [-0.3, -0.25) is 13.8 Å². The molecule has 0 spiro atoms.